The van der Waals surface area contributed by atoms with Gasteiger partial charge in [0.05, 0.1) is 28.2 Å². The van der Waals surface area contributed by atoms with E-state index in [-0.39, 0.29) is 5.91 Å². The lowest BCUT2D eigenvalue weighted by atomic mass is 10.1. The van der Waals surface area contributed by atoms with Gasteiger partial charge in [0.2, 0.25) is 0 Å². The Morgan fingerprint density at radius 3 is 2.76 bits per heavy atom. The van der Waals surface area contributed by atoms with Gasteiger partial charge in [-0.2, -0.15) is 5.10 Å². The second-order valence-corrected chi connectivity index (χ2v) is 8.15. The van der Waals surface area contributed by atoms with E-state index >= 15 is 0 Å². The predicted molar refractivity (Wildman–Crippen MR) is 101 cm³/mol. The van der Waals surface area contributed by atoms with Crippen LogP contribution in [0.15, 0.2) is 11.6 Å². The molecule has 136 valence electrons. The summed E-state index contributed by atoms with van der Waals surface area (Å²) in [5, 5.41) is 10.8. The minimum absolute atomic E-state index is 0.00392. The predicted octanol–water partition coefficient (Wildman–Crippen LogP) is 4.28. The van der Waals surface area contributed by atoms with Gasteiger partial charge in [0.15, 0.2) is 0 Å². The minimum Gasteiger partial charge on any atom is -0.352 e. The molecule has 0 aliphatic heterocycles. The molecular formula is C19H28N4OS. The van der Waals surface area contributed by atoms with Crippen LogP contribution >= 0.6 is 11.3 Å². The molecule has 5 nitrogen and oxygen atoms in total. The molecule has 3 rings (SSSR count). The van der Waals surface area contributed by atoms with E-state index in [4.69, 9.17) is 0 Å². The molecule has 1 aliphatic rings. The fraction of sp³-hybridized carbons (Fsp3) is 0.632. The highest BCUT2D eigenvalue weighted by molar-refractivity contribution is 7.09. The van der Waals surface area contributed by atoms with Gasteiger partial charge in [0, 0.05) is 36.2 Å². The molecule has 0 radical (unpaired) electrons. The van der Waals surface area contributed by atoms with Gasteiger partial charge in [-0.05, 0) is 26.2 Å². The van der Waals surface area contributed by atoms with Crippen molar-refractivity contribution in [1.82, 2.24) is 20.1 Å². The molecule has 1 fully saturated rings. The Morgan fingerprint density at radius 2 is 2.16 bits per heavy atom. The Labute approximate surface area is 153 Å². The first kappa shape index (κ1) is 18.1. The van der Waals surface area contributed by atoms with Crippen LogP contribution in [0.2, 0.25) is 0 Å². The molecule has 1 aliphatic carbocycles. The highest BCUT2D eigenvalue weighted by Crippen LogP contribution is 2.42. The number of thiazole rings is 1. The van der Waals surface area contributed by atoms with E-state index in [1.807, 2.05) is 0 Å². The molecule has 0 bridgehead atoms. The Morgan fingerprint density at radius 1 is 1.40 bits per heavy atom. The molecule has 6 heteroatoms. The van der Waals surface area contributed by atoms with Crippen LogP contribution in [0.3, 0.4) is 0 Å². The number of aromatic nitrogens is 3. The van der Waals surface area contributed by atoms with E-state index in [0.717, 1.165) is 34.8 Å². The fourth-order valence-electron chi connectivity index (χ4n) is 2.94. The molecule has 1 saturated carbocycles. The summed E-state index contributed by atoms with van der Waals surface area (Å²) >= 11 is 1.70. The van der Waals surface area contributed by atoms with Gasteiger partial charge in [-0.15, -0.1) is 11.3 Å². The lowest BCUT2D eigenvalue weighted by Gasteiger charge is -2.14. The number of amides is 1. The summed E-state index contributed by atoms with van der Waals surface area (Å²) in [6, 6.07) is 0.335. The average molecular weight is 361 g/mol. The summed E-state index contributed by atoms with van der Waals surface area (Å²) < 4.78 is 2.06. The van der Waals surface area contributed by atoms with Gasteiger partial charge < -0.3 is 5.32 Å². The first-order valence-electron chi connectivity index (χ1n) is 9.31. The van der Waals surface area contributed by atoms with E-state index in [0.29, 0.717) is 24.4 Å². The lowest BCUT2D eigenvalue weighted by molar-refractivity contribution is 0.0953. The number of rotatable bonds is 8. The van der Waals surface area contributed by atoms with Gasteiger partial charge in [0.25, 0.3) is 5.91 Å². The third kappa shape index (κ3) is 4.11. The quantitative estimate of drug-likeness (QED) is 0.764. The number of hydrogen-bond acceptors (Lipinski definition) is 4. The maximum atomic E-state index is 12.6. The number of hydrogen-bond donors (Lipinski definition) is 1. The topological polar surface area (TPSA) is 59.8 Å². The molecule has 1 amide bonds. The van der Waals surface area contributed by atoms with Gasteiger partial charge in [-0.3, -0.25) is 9.48 Å². The van der Waals surface area contributed by atoms with E-state index < -0.39 is 0 Å². The summed E-state index contributed by atoms with van der Waals surface area (Å²) in [5.74, 6) is 0.959. The van der Waals surface area contributed by atoms with Crippen molar-refractivity contribution in [2.45, 2.75) is 71.3 Å². The van der Waals surface area contributed by atoms with E-state index in [1.165, 1.54) is 12.8 Å². The molecule has 0 saturated heterocycles. The lowest BCUT2D eigenvalue weighted by Crippen LogP contribution is -2.26. The molecule has 0 aromatic carbocycles. The van der Waals surface area contributed by atoms with Gasteiger partial charge >= 0.3 is 0 Å². The van der Waals surface area contributed by atoms with Crippen LogP contribution < -0.4 is 5.32 Å². The van der Waals surface area contributed by atoms with Gasteiger partial charge in [0.1, 0.15) is 0 Å². The zero-order valence-electron chi connectivity index (χ0n) is 15.6. The Kier molecular flexibility index (Phi) is 5.57. The second kappa shape index (κ2) is 7.68. The molecule has 0 unspecified atom stereocenters. The second-order valence-electron chi connectivity index (χ2n) is 7.26. The fourth-order valence-corrected chi connectivity index (χ4v) is 3.81. The Hall–Kier alpha value is -1.69. The largest absolute Gasteiger partial charge is 0.352 e. The monoisotopic (exact) mass is 360 g/mol. The molecule has 0 spiro atoms. The molecule has 2 heterocycles. The van der Waals surface area contributed by atoms with E-state index in [1.54, 1.807) is 17.5 Å². The summed E-state index contributed by atoms with van der Waals surface area (Å²) in [6.45, 7) is 9.23. The molecule has 1 atom stereocenters. The molecule has 2 aromatic heterocycles. The highest BCUT2D eigenvalue weighted by Gasteiger charge is 2.33. The smallest absolute Gasteiger partial charge is 0.254 e. The van der Waals surface area contributed by atoms with Gasteiger partial charge in [-0.1, -0.05) is 20.8 Å². The maximum Gasteiger partial charge on any atom is 0.254 e. The average Bonchev–Trinajstić information content (AvgIpc) is 3.15. The first-order valence-corrected chi connectivity index (χ1v) is 10.2. The molecule has 2 aromatic rings. The Bertz CT molecular complexity index is 730. The van der Waals surface area contributed by atoms with Crippen molar-refractivity contribution in [3.8, 4) is 0 Å². The highest BCUT2D eigenvalue weighted by atomic mass is 32.1. The van der Waals surface area contributed by atoms with Crippen molar-refractivity contribution in [1.29, 1.82) is 0 Å². The van der Waals surface area contributed by atoms with Crippen LogP contribution in [0, 0.1) is 0 Å². The first-order chi connectivity index (χ1) is 12.0. The van der Waals surface area contributed by atoms with Crippen molar-refractivity contribution in [2.75, 3.05) is 6.54 Å². The van der Waals surface area contributed by atoms with Crippen molar-refractivity contribution in [3.63, 3.8) is 0 Å². The third-order valence-electron chi connectivity index (χ3n) is 4.78. The van der Waals surface area contributed by atoms with Crippen LogP contribution in [0.4, 0.5) is 0 Å². The zero-order chi connectivity index (χ0) is 18.0. The standard InChI is InChI=1S/C19H28N4OS/c1-5-13(4)23-17(14-6-7-14)16(10-21-23)18(24)20-9-8-15-11-25-19(22-15)12(2)3/h10-14H,5-9H2,1-4H3,(H,20,24)/t13-/m0/s1. The third-order valence-corrected chi connectivity index (χ3v) is 5.98. The van der Waals surface area contributed by atoms with Crippen molar-refractivity contribution >= 4 is 17.2 Å². The summed E-state index contributed by atoms with van der Waals surface area (Å²) in [7, 11) is 0. The van der Waals surface area contributed by atoms with Crippen molar-refractivity contribution < 1.29 is 4.79 Å². The SMILES string of the molecule is CC[C@H](C)n1ncc(C(=O)NCCc2csc(C(C)C)n2)c1C1CC1. The molecule has 1 N–H and O–H groups in total. The van der Waals surface area contributed by atoms with Crippen molar-refractivity contribution in [2.24, 2.45) is 0 Å². The van der Waals surface area contributed by atoms with Crippen LogP contribution in [-0.2, 0) is 6.42 Å². The van der Waals surface area contributed by atoms with Crippen LogP contribution in [0.1, 0.15) is 91.6 Å². The van der Waals surface area contributed by atoms with E-state index in [9.17, 15) is 4.79 Å². The zero-order valence-corrected chi connectivity index (χ0v) is 16.4. The number of nitrogens with zero attached hydrogens (tertiary/aromatic N) is 3. The summed E-state index contributed by atoms with van der Waals surface area (Å²) in [6.07, 6.45) is 5.87. The normalized spacial score (nSPS) is 15.6. The summed E-state index contributed by atoms with van der Waals surface area (Å²) in [5.41, 5.74) is 2.94. The van der Waals surface area contributed by atoms with E-state index in [2.05, 4.69) is 53.2 Å². The molecular weight excluding hydrogens is 332 g/mol. The maximum absolute atomic E-state index is 12.6. The van der Waals surface area contributed by atoms with Gasteiger partial charge in [-0.25, -0.2) is 4.98 Å². The minimum atomic E-state index is -0.00392. The number of nitrogens with one attached hydrogen (secondary N) is 1. The molecule has 25 heavy (non-hydrogen) atoms. The van der Waals surface area contributed by atoms with Crippen LogP contribution in [-0.4, -0.2) is 27.2 Å². The Balaban J connectivity index is 1.62. The van der Waals surface area contributed by atoms with Crippen LogP contribution in [0.5, 0.6) is 0 Å². The number of carbonyl (C=O) groups is 1. The number of carbonyl (C=O) groups excluding carboxylic acids is 1. The summed E-state index contributed by atoms with van der Waals surface area (Å²) in [4.78, 5) is 17.3. The van der Waals surface area contributed by atoms with Crippen molar-refractivity contribution in [3.05, 3.63) is 33.5 Å². The van der Waals surface area contributed by atoms with Crippen LogP contribution in [0.25, 0.3) is 0 Å².